The molecule has 0 saturated carbocycles. The van der Waals surface area contributed by atoms with Crippen molar-refractivity contribution in [2.24, 2.45) is 0 Å². The van der Waals surface area contributed by atoms with Crippen molar-refractivity contribution in [3.05, 3.63) is 36.3 Å². The van der Waals surface area contributed by atoms with Crippen LogP contribution in [-0.4, -0.2) is 14.8 Å². The molecule has 0 aliphatic heterocycles. The summed E-state index contributed by atoms with van der Waals surface area (Å²) in [6.45, 7) is 0. The molecule has 0 unspecified atom stereocenters. The third-order valence-corrected chi connectivity index (χ3v) is 1.91. The van der Waals surface area contributed by atoms with E-state index in [1.54, 1.807) is 18.2 Å². The van der Waals surface area contributed by atoms with Crippen LogP contribution >= 0.6 is 0 Å². The van der Waals surface area contributed by atoms with Crippen LogP contribution in [0.15, 0.2) is 30.6 Å². The van der Waals surface area contributed by atoms with Crippen molar-refractivity contribution in [3.63, 3.8) is 0 Å². The minimum absolute atomic E-state index is 0.0318. The summed E-state index contributed by atoms with van der Waals surface area (Å²) >= 11 is 0. The molecular weight excluding hydrogens is 202 g/mol. The van der Waals surface area contributed by atoms with Crippen molar-refractivity contribution in [3.8, 4) is 5.82 Å². The van der Waals surface area contributed by atoms with Gasteiger partial charge in [-0.3, -0.25) is 0 Å². The fourth-order valence-corrected chi connectivity index (χ4v) is 1.25. The van der Waals surface area contributed by atoms with Gasteiger partial charge in [-0.05, 0) is 12.1 Å². The Labute approximate surface area is 84.4 Å². The highest BCUT2D eigenvalue weighted by Crippen LogP contribution is 2.26. The molecule has 0 bridgehead atoms. The molecule has 0 aromatic carbocycles. The molecule has 2 heterocycles. The number of halogens is 2. The fourth-order valence-electron chi connectivity index (χ4n) is 1.25. The van der Waals surface area contributed by atoms with Gasteiger partial charge in [0.15, 0.2) is 5.82 Å². The van der Waals surface area contributed by atoms with Gasteiger partial charge in [-0.1, -0.05) is 6.07 Å². The van der Waals surface area contributed by atoms with Gasteiger partial charge in [-0.2, -0.15) is 5.10 Å². The SMILES string of the molecule is Nc1cnn(-c2ccccn2)c1C(F)F. The summed E-state index contributed by atoms with van der Waals surface area (Å²) in [7, 11) is 0. The van der Waals surface area contributed by atoms with Crippen molar-refractivity contribution < 1.29 is 8.78 Å². The molecule has 2 aromatic rings. The van der Waals surface area contributed by atoms with E-state index in [-0.39, 0.29) is 11.4 Å². The maximum Gasteiger partial charge on any atom is 0.282 e. The molecule has 0 atom stereocenters. The van der Waals surface area contributed by atoms with Crippen molar-refractivity contribution in [2.75, 3.05) is 5.73 Å². The van der Waals surface area contributed by atoms with E-state index in [0.717, 1.165) is 4.68 Å². The van der Waals surface area contributed by atoms with Gasteiger partial charge in [-0.25, -0.2) is 18.4 Å². The van der Waals surface area contributed by atoms with Crippen LogP contribution in [0, 0.1) is 0 Å². The van der Waals surface area contributed by atoms with Crippen LogP contribution in [-0.2, 0) is 0 Å². The van der Waals surface area contributed by atoms with Gasteiger partial charge in [0.05, 0.1) is 11.9 Å². The Morgan fingerprint density at radius 1 is 1.33 bits per heavy atom. The lowest BCUT2D eigenvalue weighted by atomic mass is 10.3. The standard InChI is InChI=1S/C9H8F2N4/c10-9(11)8-6(12)5-14-15(8)7-3-1-2-4-13-7/h1-5,9H,12H2. The van der Waals surface area contributed by atoms with Crippen molar-refractivity contribution in [1.29, 1.82) is 0 Å². The molecule has 0 fully saturated rings. The number of aromatic nitrogens is 3. The van der Waals surface area contributed by atoms with Crippen LogP contribution in [0.1, 0.15) is 12.1 Å². The first-order valence-corrected chi connectivity index (χ1v) is 4.23. The van der Waals surface area contributed by atoms with Crippen LogP contribution in [0.25, 0.3) is 5.82 Å². The molecule has 0 aliphatic rings. The molecule has 78 valence electrons. The molecule has 0 saturated heterocycles. The second-order valence-electron chi connectivity index (χ2n) is 2.89. The summed E-state index contributed by atoms with van der Waals surface area (Å²) in [6.07, 6.45) is 0.0213. The van der Waals surface area contributed by atoms with Gasteiger partial charge in [-0.15, -0.1) is 0 Å². The first kappa shape index (κ1) is 9.57. The van der Waals surface area contributed by atoms with Crippen LogP contribution in [0.2, 0.25) is 0 Å². The van der Waals surface area contributed by atoms with E-state index >= 15 is 0 Å². The van der Waals surface area contributed by atoms with Gasteiger partial charge in [0.1, 0.15) is 5.69 Å². The molecule has 0 aliphatic carbocycles. The largest absolute Gasteiger partial charge is 0.396 e. The number of nitrogens with zero attached hydrogens (tertiary/aromatic N) is 3. The molecule has 0 spiro atoms. The lowest BCUT2D eigenvalue weighted by Gasteiger charge is -2.05. The zero-order valence-corrected chi connectivity index (χ0v) is 7.64. The molecule has 0 radical (unpaired) electrons. The predicted molar refractivity (Wildman–Crippen MR) is 50.7 cm³/mol. The molecule has 15 heavy (non-hydrogen) atoms. The molecule has 2 N–H and O–H groups in total. The van der Waals surface area contributed by atoms with Crippen molar-refractivity contribution in [2.45, 2.75) is 6.43 Å². The number of nitrogen functional groups attached to an aromatic ring is 1. The molecular formula is C9H8F2N4. The number of hydrogen-bond donors (Lipinski definition) is 1. The Morgan fingerprint density at radius 2 is 2.13 bits per heavy atom. The lowest BCUT2D eigenvalue weighted by molar-refractivity contribution is 0.143. The number of nitrogens with two attached hydrogens (primary N) is 1. The highest BCUT2D eigenvalue weighted by molar-refractivity contribution is 5.44. The number of pyridine rings is 1. The topological polar surface area (TPSA) is 56.7 Å². The van der Waals surface area contributed by atoms with Gasteiger partial charge in [0, 0.05) is 6.20 Å². The average Bonchev–Trinajstić information content (AvgIpc) is 2.61. The summed E-state index contributed by atoms with van der Waals surface area (Å²) in [5, 5.41) is 3.76. The molecule has 6 heteroatoms. The van der Waals surface area contributed by atoms with Crippen LogP contribution in [0.5, 0.6) is 0 Å². The number of alkyl halides is 2. The molecule has 2 aromatic heterocycles. The summed E-state index contributed by atoms with van der Waals surface area (Å²) in [4.78, 5) is 3.92. The maximum atomic E-state index is 12.6. The van der Waals surface area contributed by atoms with Gasteiger partial charge in [0.2, 0.25) is 0 Å². The van der Waals surface area contributed by atoms with Crippen molar-refractivity contribution in [1.82, 2.24) is 14.8 Å². The Kier molecular flexibility index (Phi) is 2.32. The van der Waals surface area contributed by atoms with Gasteiger partial charge in [0.25, 0.3) is 6.43 Å². The van der Waals surface area contributed by atoms with E-state index in [4.69, 9.17) is 5.73 Å². The Bertz CT molecular complexity index is 452. The number of anilines is 1. The van der Waals surface area contributed by atoms with E-state index in [1.165, 1.54) is 12.4 Å². The number of rotatable bonds is 2. The smallest absolute Gasteiger partial charge is 0.282 e. The zero-order valence-electron chi connectivity index (χ0n) is 7.64. The summed E-state index contributed by atoms with van der Waals surface area (Å²) < 4.78 is 26.3. The Balaban J connectivity index is 2.54. The number of hydrogen-bond acceptors (Lipinski definition) is 3. The normalized spacial score (nSPS) is 10.9. The minimum Gasteiger partial charge on any atom is -0.396 e. The lowest BCUT2D eigenvalue weighted by Crippen LogP contribution is -2.05. The molecule has 2 rings (SSSR count). The minimum atomic E-state index is -2.67. The molecule has 0 amide bonds. The predicted octanol–water partition coefficient (Wildman–Crippen LogP) is 1.79. The second-order valence-corrected chi connectivity index (χ2v) is 2.89. The van der Waals surface area contributed by atoms with Crippen LogP contribution in [0.4, 0.5) is 14.5 Å². The van der Waals surface area contributed by atoms with E-state index in [2.05, 4.69) is 10.1 Å². The second kappa shape index (κ2) is 3.64. The average molecular weight is 210 g/mol. The van der Waals surface area contributed by atoms with Crippen LogP contribution < -0.4 is 5.73 Å². The third kappa shape index (κ3) is 1.65. The Morgan fingerprint density at radius 3 is 2.73 bits per heavy atom. The van der Waals surface area contributed by atoms with E-state index in [0.29, 0.717) is 5.82 Å². The third-order valence-electron chi connectivity index (χ3n) is 1.91. The van der Waals surface area contributed by atoms with E-state index < -0.39 is 6.43 Å². The highest BCUT2D eigenvalue weighted by atomic mass is 19.3. The zero-order chi connectivity index (χ0) is 10.8. The van der Waals surface area contributed by atoms with E-state index in [9.17, 15) is 8.78 Å². The monoisotopic (exact) mass is 210 g/mol. The fraction of sp³-hybridized carbons (Fsp3) is 0.111. The van der Waals surface area contributed by atoms with E-state index in [1.807, 2.05) is 0 Å². The summed E-state index contributed by atoms with van der Waals surface area (Å²) in [5.74, 6) is 0.324. The quantitative estimate of drug-likeness (QED) is 0.822. The molecule has 4 nitrogen and oxygen atoms in total. The maximum absolute atomic E-state index is 12.6. The first-order valence-electron chi connectivity index (χ1n) is 4.23. The summed E-state index contributed by atoms with van der Waals surface area (Å²) in [5.41, 5.74) is 5.03. The van der Waals surface area contributed by atoms with Crippen molar-refractivity contribution >= 4 is 5.69 Å². The van der Waals surface area contributed by atoms with Gasteiger partial charge < -0.3 is 5.73 Å². The first-order chi connectivity index (χ1) is 7.20. The Hall–Kier alpha value is -1.98. The summed E-state index contributed by atoms with van der Waals surface area (Å²) in [6, 6.07) is 4.96. The van der Waals surface area contributed by atoms with Gasteiger partial charge >= 0.3 is 0 Å². The highest BCUT2D eigenvalue weighted by Gasteiger charge is 2.19. The van der Waals surface area contributed by atoms with Crippen LogP contribution in [0.3, 0.4) is 0 Å².